The molecule has 33 heavy (non-hydrogen) atoms. The average molecular weight is 450 g/mol. The number of morpholine rings is 1. The average Bonchev–Trinajstić information content (AvgIpc) is 3.54. The van der Waals surface area contributed by atoms with Crippen molar-refractivity contribution in [2.45, 2.75) is 38.9 Å². The van der Waals surface area contributed by atoms with Crippen LogP contribution in [0.3, 0.4) is 0 Å². The number of carbonyl (C=O) groups excluding carboxylic acids is 1. The molecule has 0 saturated carbocycles. The van der Waals surface area contributed by atoms with E-state index in [9.17, 15) is 4.79 Å². The summed E-state index contributed by atoms with van der Waals surface area (Å²) >= 11 is 0. The molecule has 2 aliphatic heterocycles. The van der Waals surface area contributed by atoms with E-state index in [1.165, 1.54) is 11.3 Å². The molecule has 0 radical (unpaired) electrons. The molecule has 1 saturated heterocycles. The second kappa shape index (κ2) is 9.45. The van der Waals surface area contributed by atoms with Gasteiger partial charge in [-0.3, -0.25) is 9.69 Å². The van der Waals surface area contributed by atoms with E-state index in [4.69, 9.17) is 13.6 Å². The molecule has 7 heteroatoms. The third kappa shape index (κ3) is 4.56. The molecule has 1 amide bonds. The molecule has 4 heterocycles. The van der Waals surface area contributed by atoms with E-state index < -0.39 is 0 Å². The lowest BCUT2D eigenvalue weighted by Crippen LogP contribution is -2.43. The van der Waals surface area contributed by atoms with Crippen LogP contribution in [-0.2, 0) is 17.7 Å². The fraction of sp³-hybridized carbons (Fsp3) is 0.423. The highest BCUT2D eigenvalue weighted by Crippen LogP contribution is 2.33. The molecule has 7 nitrogen and oxygen atoms in total. The number of fused-ring (bicyclic) bond motifs is 1. The third-order valence-corrected chi connectivity index (χ3v) is 6.68. The molecule has 0 spiro atoms. The van der Waals surface area contributed by atoms with Crippen molar-refractivity contribution in [3.05, 3.63) is 77.1 Å². The second-order valence-corrected chi connectivity index (χ2v) is 8.89. The maximum atomic E-state index is 13.2. The molecule has 1 aromatic carbocycles. The van der Waals surface area contributed by atoms with Crippen LogP contribution in [0.5, 0.6) is 0 Å². The SMILES string of the molecule is Cc1ccc(C(CNC(=O)c2ccoc2CN2c3ccccc3CC2C)N2CCOCC2)o1. The van der Waals surface area contributed by atoms with E-state index in [0.717, 1.165) is 31.0 Å². The minimum absolute atomic E-state index is 0.0348. The summed E-state index contributed by atoms with van der Waals surface area (Å²) in [6, 6.07) is 14.5. The second-order valence-electron chi connectivity index (χ2n) is 8.89. The predicted octanol–water partition coefficient (Wildman–Crippen LogP) is 3.94. The lowest BCUT2D eigenvalue weighted by molar-refractivity contribution is 0.0117. The number of nitrogens with zero attached hydrogens (tertiary/aromatic N) is 2. The number of anilines is 1. The summed E-state index contributed by atoms with van der Waals surface area (Å²) in [5.41, 5.74) is 3.14. The zero-order valence-corrected chi connectivity index (χ0v) is 19.3. The Kier molecular flexibility index (Phi) is 6.24. The van der Waals surface area contributed by atoms with E-state index in [1.54, 1.807) is 12.3 Å². The number of furan rings is 2. The monoisotopic (exact) mass is 449 g/mol. The van der Waals surface area contributed by atoms with Crippen LogP contribution in [0.25, 0.3) is 0 Å². The van der Waals surface area contributed by atoms with Crippen molar-refractivity contribution in [1.82, 2.24) is 10.2 Å². The molecular weight excluding hydrogens is 418 g/mol. The van der Waals surface area contributed by atoms with Crippen LogP contribution in [0.1, 0.15) is 46.2 Å². The van der Waals surface area contributed by atoms with E-state index in [0.29, 0.717) is 43.7 Å². The van der Waals surface area contributed by atoms with Gasteiger partial charge in [-0.15, -0.1) is 0 Å². The number of amides is 1. The topological polar surface area (TPSA) is 71.1 Å². The van der Waals surface area contributed by atoms with Crippen LogP contribution < -0.4 is 10.2 Å². The Balaban J connectivity index is 1.29. The summed E-state index contributed by atoms with van der Waals surface area (Å²) in [7, 11) is 0. The highest BCUT2D eigenvalue weighted by atomic mass is 16.5. The maximum Gasteiger partial charge on any atom is 0.254 e. The lowest BCUT2D eigenvalue weighted by Gasteiger charge is -2.33. The van der Waals surface area contributed by atoms with E-state index in [2.05, 4.69) is 46.3 Å². The van der Waals surface area contributed by atoms with Gasteiger partial charge in [0.1, 0.15) is 17.3 Å². The molecular formula is C26H31N3O4. The van der Waals surface area contributed by atoms with Crippen molar-refractivity contribution >= 4 is 11.6 Å². The molecule has 2 unspecified atom stereocenters. The summed E-state index contributed by atoms with van der Waals surface area (Å²) in [4.78, 5) is 17.8. The predicted molar refractivity (Wildman–Crippen MR) is 125 cm³/mol. The Morgan fingerprint density at radius 1 is 1.15 bits per heavy atom. The molecule has 174 valence electrons. The van der Waals surface area contributed by atoms with Gasteiger partial charge in [-0.2, -0.15) is 0 Å². The fourth-order valence-electron chi connectivity index (χ4n) is 4.91. The van der Waals surface area contributed by atoms with Gasteiger partial charge >= 0.3 is 0 Å². The number of aryl methyl sites for hydroxylation is 1. The highest BCUT2D eigenvalue weighted by molar-refractivity contribution is 5.95. The van der Waals surface area contributed by atoms with Gasteiger partial charge in [-0.05, 0) is 50.1 Å². The Morgan fingerprint density at radius 2 is 1.97 bits per heavy atom. The number of hydrogen-bond donors (Lipinski definition) is 1. The lowest BCUT2D eigenvalue weighted by atomic mass is 10.1. The van der Waals surface area contributed by atoms with Crippen LogP contribution in [0.2, 0.25) is 0 Å². The van der Waals surface area contributed by atoms with Crippen molar-refractivity contribution in [2.24, 2.45) is 0 Å². The molecule has 5 rings (SSSR count). The highest BCUT2D eigenvalue weighted by Gasteiger charge is 2.29. The maximum absolute atomic E-state index is 13.2. The summed E-state index contributed by atoms with van der Waals surface area (Å²) < 4.78 is 17.2. The number of nitrogens with one attached hydrogen (secondary N) is 1. The molecule has 0 aliphatic carbocycles. The number of carbonyl (C=O) groups is 1. The van der Waals surface area contributed by atoms with Crippen LogP contribution in [-0.4, -0.2) is 49.7 Å². The summed E-state index contributed by atoms with van der Waals surface area (Å²) in [6.45, 7) is 8.16. The molecule has 2 atom stereocenters. The Bertz CT molecular complexity index is 1100. The van der Waals surface area contributed by atoms with Gasteiger partial charge in [-0.25, -0.2) is 0 Å². The standard InChI is InChI=1S/C26H31N3O4/c1-18-15-20-5-3-4-6-22(20)29(18)17-25-21(9-12-32-25)26(30)27-16-23(24-8-7-19(2)33-24)28-10-13-31-14-11-28/h3-9,12,18,23H,10-11,13-17H2,1-2H3,(H,27,30). The van der Waals surface area contributed by atoms with Gasteiger partial charge in [0.25, 0.3) is 5.91 Å². The van der Waals surface area contributed by atoms with Crippen LogP contribution >= 0.6 is 0 Å². The van der Waals surface area contributed by atoms with Crippen molar-refractivity contribution < 1.29 is 18.4 Å². The first kappa shape index (κ1) is 21.8. The molecule has 0 bridgehead atoms. The molecule has 1 fully saturated rings. The van der Waals surface area contributed by atoms with Crippen molar-refractivity contribution in [1.29, 1.82) is 0 Å². The molecule has 3 aromatic rings. The van der Waals surface area contributed by atoms with Crippen LogP contribution in [0, 0.1) is 6.92 Å². The number of hydrogen-bond acceptors (Lipinski definition) is 6. The number of rotatable bonds is 7. The van der Waals surface area contributed by atoms with Crippen LogP contribution in [0.15, 0.2) is 57.6 Å². The van der Waals surface area contributed by atoms with E-state index in [1.807, 2.05) is 19.1 Å². The van der Waals surface area contributed by atoms with Crippen molar-refractivity contribution in [2.75, 3.05) is 37.7 Å². The van der Waals surface area contributed by atoms with Gasteiger partial charge in [0, 0.05) is 31.4 Å². The first-order chi connectivity index (χ1) is 16.1. The number of benzene rings is 1. The largest absolute Gasteiger partial charge is 0.467 e. The molecule has 2 aromatic heterocycles. The normalized spacial score (nSPS) is 19.5. The summed E-state index contributed by atoms with van der Waals surface area (Å²) in [5, 5.41) is 3.13. The number of ether oxygens (including phenoxy) is 1. The van der Waals surface area contributed by atoms with Crippen molar-refractivity contribution in [3.63, 3.8) is 0 Å². The summed E-state index contributed by atoms with van der Waals surface area (Å²) in [5.74, 6) is 2.30. The Labute approximate surface area is 194 Å². The first-order valence-corrected chi connectivity index (χ1v) is 11.7. The quantitative estimate of drug-likeness (QED) is 0.589. The number of para-hydroxylation sites is 1. The van der Waals surface area contributed by atoms with Gasteiger partial charge < -0.3 is 23.8 Å². The minimum Gasteiger partial charge on any atom is -0.467 e. The Morgan fingerprint density at radius 3 is 2.76 bits per heavy atom. The van der Waals surface area contributed by atoms with Crippen LogP contribution in [0.4, 0.5) is 5.69 Å². The van der Waals surface area contributed by atoms with Gasteiger partial charge in [0.15, 0.2) is 0 Å². The fourth-order valence-corrected chi connectivity index (χ4v) is 4.91. The zero-order chi connectivity index (χ0) is 22.8. The smallest absolute Gasteiger partial charge is 0.254 e. The Hall–Kier alpha value is -3.03. The van der Waals surface area contributed by atoms with E-state index in [-0.39, 0.29) is 11.9 Å². The van der Waals surface area contributed by atoms with Crippen molar-refractivity contribution in [3.8, 4) is 0 Å². The third-order valence-electron chi connectivity index (χ3n) is 6.68. The summed E-state index contributed by atoms with van der Waals surface area (Å²) in [6.07, 6.45) is 2.61. The first-order valence-electron chi connectivity index (χ1n) is 11.7. The van der Waals surface area contributed by atoms with E-state index >= 15 is 0 Å². The molecule has 1 N–H and O–H groups in total. The van der Waals surface area contributed by atoms with Gasteiger partial charge in [0.2, 0.25) is 0 Å². The zero-order valence-electron chi connectivity index (χ0n) is 19.3. The van der Waals surface area contributed by atoms with Gasteiger partial charge in [0.05, 0.1) is 37.6 Å². The molecule has 2 aliphatic rings. The minimum atomic E-state index is -0.125. The van der Waals surface area contributed by atoms with Gasteiger partial charge in [-0.1, -0.05) is 18.2 Å².